The van der Waals surface area contributed by atoms with E-state index in [-0.39, 0.29) is 12.7 Å². The molecule has 2 heterocycles. The number of nitrogens with zero attached hydrogens (tertiary/aromatic N) is 1. The molecule has 0 unspecified atom stereocenters. The fourth-order valence-electron chi connectivity index (χ4n) is 2.08. The fraction of sp³-hybridized carbons (Fsp3) is 0.222. The van der Waals surface area contributed by atoms with Gasteiger partial charge >= 0.3 is 5.97 Å². The molecule has 0 atom stereocenters. The Kier molecular flexibility index (Phi) is 4.65. The van der Waals surface area contributed by atoms with Crippen molar-refractivity contribution in [3.8, 4) is 17.3 Å². The summed E-state index contributed by atoms with van der Waals surface area (Å²) in [5, 5.41) is 3.85. The van der Waals surface area contributed by atoms with Crippen LogP contribution >= 0.6 is 0 Å². The zero-order valence-corrected chi connectivity index (χ0v) is 13.4. The van der Waals surface area contributed by atoms with Crippen molar-refractivity contribution >= 4 is 5.97 Å². The summed E-state index contributed by atoms with van der Waals surface area (Å²) in [4.78, 5) is 12.0. The molecule has 0 aliphatic rings. The minimum Gasteiger partial charge on any atom is -0.491 e. The molecule has 0 fully saturated rings. The molecule has 0 saturated heterocycles. The molecule has 24 heavy (non-hydrogen) atoms. The largest absolute Gasteiger partial charge is 0.491 e. The molecule has 0 aliphatic heterocycles. The van der Waals surface area contributed by atoms with Gasteiger partial charge in [-0.1, -0.05) is 5.16 Å². The SMILES string of the molecule is CC(C)Oc1ccc(C(=O)OCc2cc(-c3ccco3)on2)cc1. The molecule has 0 spiro atoms. The predicted molar refractivity (Wildman–Crippen MR) is 85.5 cm³/mol. The van der Waals surface area contributed by atoms with E-state index in [4.69, 9.17) is 18.4 Å². The van der Waals surface area contributed by atoms with Crippen LogP contribution in [0.15, 0.2) is 57.7 Å². The van der Waals surface area contributed by atoms with Crippen LogP contribution in [0.3, 0.4) is 0 Å². The number of esters is 1. The zero-order chi connectivity index (χ0) is 16.9. The van der Waals surface area contributed by atoms with E-state index < -0.39 is 5.97 Å². The second-order valence-corrected chi connectivity index (χ2v) is 5.43. The van der Waals surface area contributed by atoms with Crippen molar-refractivity contribution in [2.75, 3.05) is 0 Å². The van der Waals surface area contributed by atoms with Crippen LogP contribution in [0.1, 0.15) is 29.9 Å². The first-order chi connectivity index (χ1) is 11.6. The molecule has 6 nitrogen and oxygen atoms in total. The number of carbonyl (C=O) groups excluding carboxylic acids is 1. The molecule has 0 radical (unpaired) electrons. The zero-order valence-electron chi connectivity index (χ0n) is 13.4. The van der Waals surface area contributed by atoms with Gasteiger partial charge in [-0.3, -0.25) is 0 Å². The van der Waals surface area contributed by atoms with Crippen LogP contribution in [0.5, 0.6) is 5.75 Å². The first kappa shape index (κ1) is 15.9. The number of benzene rings is 1. The number of rotatable bonds is 6. The van der Waals surface area contributed by atoms with Gasteiger partial charge in [0.25, 0.3) is 0 Å². The highest BCUT2D eigenvalue weighted by molar-refractivity contribution is 5.89. The topological polar surface area (TPSA) is 74.7 Å². The quantitative estimate of drug-likeness (QED) is 0.635. The normalized spacial score (nSPS) is 10.8. The van der Waals surface area contributed by atoms with Crippen molar-refractivity contribution in [2.45, 2.75) is 26.6 Å². The third kappa shape index (κ3) is 3.84. The number of carbonyl (C=O) groups is 1. The lowest BCUT2D eigenvalue weighted by Crippen LogP contribution is -2.07. The maximum atomic E-state index is 12.0. The van der Waals surface area contributed by atoms with E-state index >= 15 is 0 Å². The fourth-order valence-corrected chi connectivity index (χ4v) is 2.08. The van der Waals surface area contributed by atoms with Crippen molar-refractivity contribution in [1.29, 1.82) is 0 Å². The van der Waals surface area contributed by atoms with Gasteiger partial charge in [-0.25, -0.2) is 4.79 Å². The number of furan rings is 1. The summed E-state index contributed by atoms with van der Waals surface area (Å²) in [5.41, 5.74) is 0.954. The molecule has 0 bridgehead atoms. The standard InChI is InChI=1S/C18H17NO5/c1-12(2)23-15-7-5-13(6-8-15)18(20)22-11-14-10-17(24-19-14)16-4-3-9-21-16/h3-10,12H,11H2,1-2H3. The van der Waals surface area contributed by atoms with Crippen molar-refractivity contribution < 1.29 is 23.2 Å². The summed E-state index contributed by atoms with van der Waals surface area (Å²) in [6, 6.07) is 12.0. The molecule has 1 aromatic carbocycles. The first-order valence-electron chi connectivity index (χ1n) is 7.55. The van der Waals surface area contributed by atoms with E-state index in [9.17, 15) is 4.79 Å². The Labute approximate surface area is 139 Å². The Morgan fingerprint density at radius 3 is 2.62 bits per heavy atom. The van der Waals surface area contributed by atoms with Gasteiger partial charge < -0.3 is 18.4 Å². The molecular formula is C18H17NO5. The summed E-state index contributed by atoms with van der Waals surface area (Å²) in [7, 11) is 0. The number of ether oxygens (including phenoxy) is 2. The highest BCUT2D eigenvalue weighted by Crippen LogP contribution is 2.21. The molecule has 0 N–H and O–H groups in total. The van der Waals surface area contributed by atoms with Gasteiger partial charge in [0.05, 0.1) is 17.9 Å². The molecule has 2 aromatic heterocycles. The molecular weight excluding hydrogens is 310 g/mol. The highest BCUT2D eigenvalue weighted by atomic mass is 16.5. The van der Waals surface area contributed by atoms with E-state index in [1.165, 1.54) is 0 Å². The smallest absolute Gasteiger partial charge is 0.338 e. The van der Waals surface area contributed by atoms with Gasteiger partial charge in [-0.15, -0.1) is 0 Å². The molecule has 3 rings (SSSR count). The summed E-state index contributed by atoms with van der Waals surface area (Å²) in [6.07, 6.45) is 1.63. The first-order valence-corrected chi connectivity index (χ1v) is 7.55. The van der Waals surface area contributed by atoms with Gasteiger partial charge in [0.2, 0.25) is 5.76 Å². The minimum atomic E-state index is -0.436. The number of hydrogen-bond donors (Lipinski definition) is 0. The highest BCUT2D eigenvalue weighted by Gasteiger charge is 2.12. The third-order valence-electron chi connectivity index (χ3n) is 3.14. The van der Waals surface area contributed by atoms with E-state index in [0.717, 1.165) is 0 Å². The Balaban J connectivity index is 1.57. The lowest BCUT2D eigenvalue weighted by atomic mass is 10.2. The molecule has 124 valence electrons. The van der Waals surface area contributed by atoms with E-state index in [2.05, 4.69) is 5.16 Å². The monoisotopic (exact) mass is 327 g/mol. The Morgan fingerprint density at radius 2 is 1.96 bits per heavy atom. The summed E-state index contributed by atoms with van der Waals surface area (Å²) in [6.45, 7) is 3.90. The molecule has 0 saturated carbocycles. The number of hydrogen-bond acceptors (Lipinski definition) is 6. The van der Waals surface area contributed by atoms with Crippen LogP contribution < -0.4 is 4.74 Å². The lowest BCUT2D eigenvalue weighted by Gasteiger charge is -2.09. The summed E-state index contributed by atoms with van der Waals surface area (Å²) >= 11 is 0. The predicted octanol–water partition coefficient (Wildman–Crippen LogP) is 4.08. The van der Waals surface area contributed by atoms with E-state index in [1.54, 1.807) is 48.7 Å². The Bertz CT molecular complexity index is 787. The van der Waals surface area contributed by atoms with Crippen molar-refractivity contribution in [2.24, 2.45) is 0 Å². The van der Waals surface area contributed by atoms with Gasteiger partial charge in [0.15, 0.2) is 5.76 Å². The average molecular weight is 327 g/mol. The van der Waals surface area contributed by atoms with E-state index in [1.807, 2.05) is 13.8 Å². The third-order valence-corrected chi connectivity index (χ3v) is 3.14. The molecule has 3 aromatic rings. The minimum absolute atomic E-state index is 0.0211. The Morgan fingerprint density at radius 1 is 1.17 bits per heavy atom. The van der Waals surface area contributed by atoms with Gasteiger partial charge in [-0.2, -0.15) is 0 Å². The van der Waals surface area contributed by atoms with Crippen LogP contribution in [0, 0.1) is 0 Å². The van der Waals surface area contributed by atoms with Gasteiger partial charge in [-0.05, 0) is 50.2 Å². The van der Waals surface area contributed by atoms with Gasteiger partial charge in [0.1, 0.15) is 18.1 Å². The maximum Gasteiger partial charge on any atom is 0.338 e. The second-order valence-electron chi connectivity index (χ2n) is 5.43. The van der Waals surface area contributed by atoms with Crippen LogP contribution in [0.4, 0.5) is 0 Å². The second kappa shape index (κ2) is 7.04. The van der Waals surface area contributed by atoms with Crippen LogP contribution in [0.2, 0.25) is 0 Å². The van der Waals surface area contributed by atoms with Crippen molar-refractivity contribution in [1.82, 2.24) is 5.16 Å². The number of aromatic nitrogens is 1. The molecule has 0 amide bonds. The average Bonchev–Trinajstić information content (AvgIpc) is 3.24. The van der Waals surface area contributed by atoms with E-state index in [0.29, 0.717) is 28.5 Å². The molecule has 0 aliphatic carbocycles. The summed E-state index contributed by atoms with van der Waals surface area (Å²) < 4.78 is 21.1. The van der Waals surface area contributed by atoms with Crippen LogP contribution in [-0.4, -0.2) is 17.2 Å². The Hall–Kier alpha value is -3.02. The van der Waals surface area contributed by atoms with Crippen LogP contribution in [0.25, 0.3) is 11.5 Å². The molecule has 6 heteroatoms. The van der Waals surface area contributed by atoms with Crippen molar-refractivity contribution in [3.05, 3.63) is 60.0 Å². The lowest BCUT2D eigenvalue weighted by molar-refractivity contribution is 0.0464. The van der Waals surface area contributed by atoms with Gasteiger partial charge in [0, 0.05) is 6.07 Å². The summed E-state index contributed by atoms with van der Waals surface area (Å²) in [5.74, 6) is 1.33. The van der Waals surface area contributed by atoms with Crippen molar-refractivity contribution in [3.63, 3.8) is 0 Å². The maximum absolute atomic E-state index is 12.0. The van der Waals surface area contributed by atoms with Crippen LogP contribution in [-0.2, 0) is 11.3 Å².